The summed E-state index contributed by atoms with van der Waals surface area (Å²) in [5.41, 5.74) is 0.832. The Morgan fingerprint density at radius 2 is 1.65 bits per heavy atom. The quantitative estimate of drug-likeness (QED) is 0.535. The molecule has 0 bridgehead atoms. The first-order chi connectivity index (χ1) is 19.1. The van der Waals surface area contributed by atoms with Crippen molar-refractivity contribution in [1.29, 1.82) is 0 Å². The van der Waals surface area contributed by atoms with Crippen LogP contribution in [0.5, 0.6) is 5.75 Å². The minimum atomic E-state index is -0.633. The van der Waals surface area contributed by atoms with Gasteiger partial charge in [-0.3, -0.25) is 14.4 Å². The summed E-state index contributed by atoms with van der Waals surface area (Å²) in [7, 11) is 1.61. The molecule has 0 radical (unpaired) electrons. The van der Waals surface area contributed by atoms with E-state index in [-0.39, 0.29) is 48.3 Å². The lowest BCUT2D eigenvalue weighted by Crippen LogP contribution is -2.59. The molecule has 3 aliphatic rings. The van der Waals surface area contributed by atoms with Crippen LogP contribution in [-0.4, -0.2) is 83.8 Å². The van der Waals surface area contributed by atoms with Crippen molar-refractivity contribution in [1.82, 2.24) is 20.0 Å². The standard InChI is InChI=1S/C28H29Cl2FN4O5/c1-33(28(39)40-19-5-3-18(31)4-6-19)24-15-35(14-20(24)17-2-7-21(29)22(30)12-17)26(37)16-8-10-34(11-9-16)27(38)23-13-25(36)32-23/h2-7,12,16,20,23-24H,8-11,13-15H2,1H3,(H,32,36)/t20-,23-,24+/m0/s1. The van der Waals surface area contributed by atoms with Gasteiger partial charge in [0.05, 0.1) is 22.5 Å². The van der Waals surface area contributed by atoms with Gasteiger partial charge < -0.3 is 24.8 Å². The lowest BCUT2D eigenvalue weighted by atomic mass is 9.93. The van der Waals surface area contributed by atoms with Gasteiger partial charge in [-0.2, -0.15) is 0 Å². The number of nitrogens with zero attached hydrogens (tertiary/aromatic N) is 3. The monoisotopic (exact) mass is 590 g/mol. The van der Waals surface area contributed by atoms with E-state index in [0.29, 0.717) is 42.5 Å². The second kappa shape index (κ2) is 11.6. The second-order valence-corrected chi connectivity index (χ2v) is 11.3. The van der Waals surface area contributed by atoms with Crippen LogP contribution >= 0.6 is 23.2 Å². The number of nitrogens with one attached hydrogen (secondary N) is 1. The first kappa shape index (κ1) is 28.2. The Morgan fingerprint density at radius 3 is 2.27 bits per heavy atom. The van der Waals surface area contributed by atoms with E-state index in [9.17, 15) is 23.6 Å². The molecule has 2 aromatic carbocycles. The number of amides is 4. The van der Waals surface area contributed by atoms with Crippen molar-refractivity contribution in [2.45, 2.75) is 37.3 Å². The maximum atomic E-state index is 13.6. The van der Waals surface area contributed by atoms with E-state index in [1.165, 1.54) is 29.2 Å². The third-order valence-electron chi connectivity index (χ3n) is 7.96. The molecule has 3 fully saturated rings. The minimum absolute atomic E-state index is 0.0306. The molecule has 3 saturated heterocycles. The summed E-state index contributed by atoms with van der Waals surface area (Å²) >= 11 is 12.4. The molecule has 0 saturated carbocycles. The van der Waals surface area contributed by atoms with E-state index >= 15 is 0 Å². The Bertz CT molecular complexity index is 1310. The zero-order chi connectivity index (χ0) is 28.6. The Balaban J connectivity index is 1.28. The van der Waals surface area contributed by atoms with Crippen molar-refractivity contribution in [2.75, 3.05) is 33.2 Å². The molecular weight excluding hydrogens is 562 g/mol. The summed E-state index contributed by atoms with van der Waals surface area (Å²) in [6.07, 6.45) is 0.615. The highest BCUT2D eigenvalue weighted by Crippen LogP contribution is 2.36. The number of halogens is 3. The second-order valence-electron chi connectivity index (χ2n) is 10.4. The molecule has 3 aliphatic heterocycles. The first-order valence-corrected chi connectivity index (χ1v) is 13.9. The van der Waals surface area contributed by atoms with Gasteiger partial charge in [-0.1, -0.05) is 29.3 Å². The van der Waals surface area contributed by atoms with Crippen molar-refractivity contribution in [3.05, 3.63) is 63.9 Å². The molecule has 3 heterocycles. The van der Waals surface area contributed by atoms with Crippen LogP contribution in [-0.2, 0) is 14.4 Å². The van der Waals surface area contributed by atoms with Crippen LogP contribution in [0.1, 0.15) is 30.7 Å². The maximum Gasteiger partial charge on any atom is 0.415 e. The summed E-state index contributed by atoms with van der Waals surface area (Å²) in [5.74, 6) is -1.02. The molecule has 3 atom stereocenters. The predicted octanol–water partition coefficient (Wildman–Crippen LogP) is 3.68. The number of benzene rings is 2. The summed E-state index contributed by atoms with van der Waals surface area (Å²) in [5, 5.41) is 3.38. The number of hydrogen-bond donors (Lipinski definition) is 1. The van der Waals surface area contributed by atoms with Gasteiger partial charge in [0.15, 0.2) is 0 Å². The van der Waals surface area contributed by atoms with Gasteiger partial charge in [-0.05, 0) is 54.8 Å². The van der Waals surface area contributed by atoms with E-state index in [1.807, 2.05) is 6.07 Å². The zero-order valence-electron chi connectivity index (χ0n) is 21.8. The molecule has 5 rings (SSSR count). The van der Waals surface area contributed by atoms with Gasteiger partial charge >= 0.3 is 6.09 Å². The van der Waals surface area contributed by atoms with Crippen LogP contribution in [0, 0.1) is 11.7 Å². The Kier molecular flexibility index (Phi) is 8.19. The Hall–Kier alpha value is -3.37. The third-order valence-corrected chi connectivity index (χ3v) is 8.69. The molecule has 0 unspecified atom stereocenters. The third kappa shape index (κ3) is 5.88. The first-order valence-electron chi connectivity index (χ1n) is 13.1. The predicted molar refractivity (Wildman–Crippen MR) is 146 cm³/mol. The maximum absolute atomic E-state index is 13.6. The van der Waals surface area contributed by atoms with Crippen LogP contribution in [0.3, 0.4) is 0 Å². The van der Waals surface area contributed by atoms with E-state index in [2.05, 4.69) is 5.32 Å². The SMILES string of the molecule is CN(C(=O)Oc1ccc(F)cc1)[C@@H]1CN(C(=O)C2CCN(C(=O)[C@@H]3CC(=O)N3)CC2)C[C@H]1c1ccc(Cl)c(Cl)c1. The molecule has 40 heavy (non-hydrogen) atoms. The fourth-order valence-electron chi connectivity index (χ4n) is 5.57. The number of hydrogen-bond acceptors (Lipinski definition) is 5. The fraction of sp³-hybridized carbons (Fsp3) is 0.429. The van der Waals surface area contributed by atoms with Gasteiger partial charge in [-0.15, -0.1) is 0 Å². The average Bonchev–Trinajstić information content (AvgIpc) is 3.38. The van der Waals surface area contributed by atoms with Crippen molar-refractivity contribution >= 4 is 47.0 Å². The van der Waals surface area contributed by atoms with Crippen molar-refractivity contribution in [2.24, 2.45) is 5.92 Å². The lowest BCUT2D eigenvalue weighted by Gasteiger charge is -2.37. The van der Waals surface area contributed by atoms with E-state index < -0.39 is 24.0 Å². The van der Waals surface area contributed by atoms with Crippen LogP contribution < -0.4 is 10.1 Å². The number of β-lactam (4-membered cyclic amide) rings is 1. The van der Waals surface area contributed by atoms with Gasteiger partial charge in [0.2, 0.25) is 17.7 Å². The normalized spacial score (nSPS) is 22.9. The minimum Gasteiger partial charge on any atom is -0.410 e. The van der Waals surface area contributed by atoms with Gasteiger partial charge in [0.1, 0.15) is 17.6 Å². The highest BCUT2D eigenvalue weighted by molar-refractivity contribution is 6.42. The molecule has 2 aromatic rings. The number of carbonyl (C=O) groups is 4. The number of carbonyl (C=O) groups excluding carboxylic acids is 4. The Labute approximate surface area is 241 Å². The van der Waals surface area contributed by atoms with Gasteiger partial charge in [0.25, 0.3) is 0 Å². The van der Waals surface area contributed by atoms with E-state index in [4.69, 9.17) is 27.9 Å². The molecule has 0 aliphatic carbocycles. The highest BCUT2D eigenvalue weighted by Gasteiger charge is 2.43. The number of likely N-dealkylation sites (tertiary alicyclic amines) is 2. The lowest BCUT2D eigenvalue weighted by molar-refractivity contribution is -0.146. The number of piperidine rings is 1. The summed E-state index contributed by atoms with van der Waals surface area (Å²) in [4.78, 5) is 55.4. The molecule has 12 heteroatoms. The molecular formula is C28H29Cl2FN4O5. The van der Waals surface area contributed by atoms with Crippen molar-refractivity contribution < 1.29 is 28.3 Å². The van der Waals surface area contributed by atoms with Crippen LogP contribution in [0.2, 0.25) is 10.0 Å². The molecule has 9 nitrogen and oxygen atoms in total. The number of rotatable bonds is 5. The summed E-state index contributed by atoms with van der Waals surface area (Å²) in [6, 6.07) is 9.55. The molecule has 1 N–H and O–H groups in total. The summed E-state index contributed by atoms with van der Waals surface area (Å²) < 4.78 is 18.7. The summed E-state index contributed by atoms with van der Waals surface area (Å²) in [6.45, 7) is 1.53. The zero-order valence-corrected chi connectivity index (χ0v) is 23.3. The Morgan fingerprint density at radius 1 is 0.975 bits per heavy atom. The van der Waals surface area contributed by atoms with Crippen LogP contribution in [0.4, 0.5) is 9.18 Å². The van der Waals surface area contributed by atoms with Crippen LogP contribution in [0.15, 0.2) is 42.5 Å². The largest absolute Gasteiger partial charge is 0.415 e. The van der Waals surface area contributed by atoms with Crippen LogP contribution in [0.25, 0.3) is 0 Å². The molecule has 0 spiro atoms. The molecule has 212 valence electrons. The smallest absolute Gasteiger partial charge is 0.410 e. The van der Waals surface area contributed by atoms with Crippen molar-refractivity contribution in [3.63, 3.8) is 0 Å². The van der Waals surface area contributed by atoms with E-state index in [0.717, 1.165) is 5.56 Å². The van der Waals surface area contributed by atoms with Gasteiger partial charge in [-0.25, -0.2) is 9.18 Å². The van der Waals surface area contributed by atoms with Gasteiger partial charge in [0, 0.05) is 45.1 Å². The number of ether oxygens (including phenoxy) is 1. The topological polar surface area (TPSA) is 99.3 Å². The number of likely N-dealkylation sites (N-methyl/N-ethyl adjacent to an activating group) is 1. The average molecular weight is 591 g/mol. The fourth-order valence-corrected chi connectivity index (χ4v) is 5.88. The van der Waals surface area contributed by atoms with E-state index in [1.54, 1.807) is 29.0 Å². The highest BCUT2D eigenvalue weighted by atomic mass is 35.5. The van der Waals surface area contributed by atoms with Crippen molar-refractivity contribution in [3.8, 4) is 5.75 Å². The molecule has 0 aromatic heterocycles. The molecule has 4 amide bonds.